The molecule has 0 aromatic heterocycles. The molecule has 0 fully saturated rings. The highest BCUT2D eigenvalue weighted by Crippen LogP contribution is 2.38. The molecule has 0 aromatic carbocycles. The monoisotopic (exact) mass is 204 g/mol. The van der Waals surface area contributed by atoms with Gasteiger partial charge in [-0.25, -0.2) is 0 Å². The van der Waals surface area contributed by atoms with E-state index < -0.39 is 17.2 Å². The molecule has 0 spiro atoms. The van der Waals surface area contributed by atoms with E-state index in [1.165, 1.54) is 14.2 Å². The van der Waals surface area contributed by atoms with E-state index in [4.69, 9.17) is 14.3 Å². The fourth-order valence-electron chi connectivity index (χ4n) is 0.294. The topological polar surface area (TPSA) is 77.4 Å². The largest absolute Gasteiger partial charge is 0.334 e. The maximum absolute atomic E-state index is 8.25. The van der Waals surface area contributed by atoms with Crippen LogP contribution in [0.5, 0.6) is 0 Å². The lowest BCUT2D eigenvalue weighted by Gasteiger charge is -2.11. The molecule has 2 N–H and O–H groups in total. The third kappa shape index (κ3) is 7.00. The first kappa shape index (κ1) is 11.6. The maximum atomic E-state index is 8.25. The normalized spacial score (nSPS) is 11.5. The summed E-state index contributed by atoms with van der Waals surface area (Å²) in [5.74, 6) is 0. The van der Waals surface area contributed by atoms with Crippen molar-refractivity contribution in [2.75, 3.05) is 21.0 Å². The average Bonchev–Trinajstić information content (AvgIpc) is 1.98. The molecule has 0 saturated heterocycles. The Labute approximate surface area is 67.0 Å². The van der Waals surface area contributed by atoms with E-state index in [2.05, 4.69) is 13.6 Å². The summed E-state index contributed by atoms with van der Waals surface area (Å²) in [5.41, 5.74) is 0. The Morgan fingerprint density at radius 3 is 2.00 bits per heavy atom. The van der Waals surface area contributed by atoms with Crippen LogP contribution < -0.4 is 0 Å². The van der Waals surface area contributed by atoms with E-state index in [9.17, 15) is 0 Å². The zero-order valence-corrected chi connectivity index (χ0v) is 7.92. The molecular formula is C3H10O6P2. The van der Waals surface area contributed by atoms with Gasteiger partial charge in [0.15, 0.2) is 6.79 Å². The van der Waals surface area contributed by atoms with Gasteiger partial charge in [-0.1, -0.05) is 0 Å². The standard InChI is InChI=1S/C3H10O6P2/c1-6-11(7-2)9-3-8-10(4)5/h4-5H,3H2,1-2H3. The van der Waals surface area contributed by atoms with E-state index in [1.807, 2.05) is 0 Å². The third-order valence-electron chi connectivity index (χ3n) is 0.624. The SMILES string of the molecule is COP(OC)OCOP(O)O. The Bertz CT molecular complexity index is 85.9. The van der Waals surface area contributed by atoms with E-state index >= 15 is 0 Å². The Morgan fingerprint density at radius 1 is 1.09 bits per heavy atom. The van der Waals surface area contributed by atoms with Gasteiger partial charge in [0.2, 0.25) is 0 Å². The van der Waals surface area contributed by atoms with Crippen molar-refractivity contribution in [1.82, 2.24) is 0 Å². The average molecular weight is 204 g/mol. The van der Waals surface area contributed by atoms with Gasteiger partial charge >= 0.3 is 17.2 Å². The Kier molecular flexibility index (Phi) is 7.69. The van der Waals surface area contributed by atoms with E-state index in [1.54, 1.807) is 0 Å². The molecule has 6 nitrogen and oxygen atoms in total. The van der Waals surface area contributed by atoms with E-state index in [0.29, 0.717) is 0 Å². The lowest BCUT2D eigenvalue weighted by atomic mass is 11.6. The highest BCUT2D eigenvalue weighted by molar-refractivity contribution is 7.41. The molecule has 0 amide bonds. The van der Waals surface area contributed by atoms with Gasteiger partial charge in [0.05, 0.1) is 0 Å². The van der Waals surface area contributed by atoms with Crippen molar-refractivity contribution >= 4 is 17.2 Å². The van der Waals surface area contributed by atoms with Crippen molar-refractivity contribution in [3.63, 3.8) is 0 Å². The quantitative estimate of drug-likeness (QED) is 0.490. The smallest absolute Gasteiger partial charge is 0.328 e. The number of hydrogen-bond donors (Lipinski definition) is 2. The second kappa shape index (κ2) is 7.28. The van der Waals surface area contributed by atoms with Crippen LogP contribution in [-0.2, 0) is 18.1 Å². The molecule has 0 bridgehead atoms. The van der Waals surface area contributed by atoms with Crippen molar-refractivity contribution in [3.05, 3.63) is 0 Å². The minimum Gasteiger partial charge on any atom is -0.328 e. The second-order valence-corrected chi connectivity index (χ2v) is 3.42. The lowest BCUT2D eigenvalue weighted by Crippen LogP contribution is -1.94. The highest BCUT2D eigenvalue weighted by atomic mass is 31.2. The zero-order chi connectivity index (χ0) is 8.69. The van der Waals surface area contributed by atoms with Crippen LogP contribution in [0.3, 0.4) is 0 Å². The third-order valence-corrected chi connectivity index (χ3v) is 1.87. The summed E-state index contributed by atoms with van der Waals surface area (Å²) in [7, 11) is -0.965. The van der Waals surface area contributed by atoms with Crippen LogP contribution in [-0.4, -0.2) is 30.8 Å². The van der Waals surface area contributed by atoms with Crippen molar-refractivity contribution in [1.29, 1.82) is 0 Å². The minimum absolute atomic E-state index is 0.258. The van der Waals surface area contributed by atoms with Gasteiger partial charge in [-0.2, -0.15) is 0 Å². The highest BCUT2D eigenvalue weighted by Gasteiger charge is 2.08. The molecule has 0 unspecified atom stereocenters. The molecule has 0 rings (SSSR count). The fourth-order valence-corrected chi connectivity index (χ4v) is 1.02. The molecule has 11 heavy (non-hydrogen) atoms. The van der Waals surface area contributed by atoms with Gasteiger partial charge in [0.1, 0.15) is 0 Å². The van der Waals surface area contributed by atoms with Gasteiger partial charge in [0, 0.05) is 14.2 Å². The molecule has 0 aliphatic heterocycles. The first-order valence-corrected chi connectivity index (χ1v) is 4.78. The second-order valence-electron chi connectivity index (χ2n) is 1.22. The van der Waals surface area contributed by atoms with Crippen LogP contribution >= 0.6 is 17.2 Å². The van der Waals surface area contributed by atoms with Crippen molar-refractivity contribution in [2.24, 2.45) is 0 Å². The number of hydrogen-bond acceptors (Lipinski definition) is 6. The van der Waals surface area contributed by atoms with Crippen LogP contribution in [0.15, 0.2) is 0 Å². The Hall–Kier alpha value is 0.620. The first-order chi connectivity index (χ1) is 5.20. The van der Waals surface area contributed by atoms with Crippen molar-refractivity contribution in [3.8, 4) is 0 Å². The molecule has 0 aliphatic carbocycles. The summed E-state index contributed by atoms with van der Waals surface area (Å²) in [4.78, 5) is 16.5. The first-order valence-electron chi connectivity index (χ1n) is 2.52. The molecular weight excluding hydrogens is 194 g/mol. The van der Waals surface area contributed by atoms with Crippen LogP contribution in [0.4, 0.5) is 0 Å². The molecule has 68 valence electrons. The molecule has 0 aromatic rings. The number of rotatable bonds is 6. The summed E-state index contributed by atoms with van der Waals surface area (Å²) in [6.45, 7) is -0.258. The summed E-state index contributed by atoms with van der Waals surface area (Å²) in [6, 6.07) is 0. The molecule has 0 saturated carbocycles. The summed E-state index contributed by atoms with van der Waals surface area (Å²) in [6.07, 6.45) is 0. The molecule has 0 atom stereocenters. The van der Waals surface area contributed by atoms with Gasteiger partial charge in [-0.3, -0.25) is 9.05 Å². The summed E-state index contributed by atoms with van der Waals surface area (Å²) < 4.78 is 18.4. The van der Waals surface area contributed by atoms with Gasteiger partial charge in [-0.05, 0) is 0 Å². The predicted octanol–water partition coefficient (Wildman–Crippen LogP) is 0.708. The Balaban J connectivity index is 3.21. The maximum Gasteiger partial charge on any atom is 0.334 e. The van der Waals surface area contributed by atoms with Crippen molar-refractivity contribution < 1.29 is 27.9 Å². The van der Waals surface area contributed by atoms with E-state index in [0.717, 1.165) is 0 Å². The van der Waals surface area contributed by atoms with Crippen molar-refractivity contribution in [2.45, 2.75) is 0 Å². The van der Waals surface area contributed by atoms with Gasteiger partial charge in [-0.15, -0.1) is 0 Å². The van der Waals surface area contributed by atoms with E-state index in [-0.39, 0.29) is 6.79 Å². The molecule has 0 aliphatic rings. The molecule has 0 radical (unpaired) electrons. The minimum atomic E-state index is -2.37. The van der Waals surface area contributed by atoms with Crippen LogP contribution in [0.1, 0.15) is 0 Å². The summed E-state index contributed by atoms with van der Waals surface area (Å²) >= 11 is 0. The summed E-state index contributed by atoms with van der Waals surface area (Å²) in [5, 5.41) is 0. The van der Waals surface area contributed by atoms with Gasteiger partial charge < -0.3 is 18.8 Å². The molecule has 0 heterocycles. The van der Waals surface area contributed by atoms with Crippen LogP contribution in [0, 0.1) is 0 Å². The lowest BCUT2D eigenvalue weighted by molar-refractivity contribution is 0.0815. The predicted molar refractivity (Wildman–Crippen MR) is 39.3 cm³/mol. The van der Waals surface area contributed by atoms with Crippen LogP contribution in [0.2, 0.25) is 0 Å². The Morgan fingerprint density at radius 2 is 1.64 bits per heavy atom. The van der Waals surface area contributed by atoms with Gasteiger partial charge in [0.25, 0.3) is 0 Å². The zero-order valence-electron chi connectivity index (χ0n) is 6.13. The van der Waals surface area contributed by atoms with Crippen LogP contribution in [0.25, 0.3) is 0 Å². The molecule has 8 heteroatoms. The fraction of sp³-hybridized carbons (Fsp3) is 1.00.